The van der Waals surface area contributed by atoms with Gasteiger partial charge in [0.2, 0.25) is 0 Å². The summed E-state index contributed by atoms with van der Waals surface area (Å²) in [5.74, 6) is 5.42. The lowest BCUT2D eigenvalue weighted by atomic mass is 10.0. The maximum absolute atomic E-state index is 5.42. The van der Waals surface area contributed by atoms with Gasteiger partial charge in [-0.2, -0.15) is 0 Å². The molecule has 1 atom stereocenters. The van der Waals surface area contributed by atoms with Crippen LogP contribution in [0.2, 0.25) is 0 Å². The zero-order valence-electron chi connectivity index (χ0n) is 8.07. The molecule has 2 aromatic rings. The Kier molecular flexibility index (Phi) is 2.43. The van der Waals surface area contributed by atoms with Crippen molar-refractivity contribution in [3.8, 4) is 0 Å². The second-order valence-electron chi connectivity index (χ2n) is 3.31. The van der Waals surface area contributed by atoms with E-state index in [2.05, 4.69) is 16.5 Å². The Hall–Kier alpha value is -1.45. The third-order valence-electron chi connectivity index (χ3n) is 2.40. The van der Waals surface area contributed by atoms with Gasteiger partial charge in [0.25, 0.3) is 0 Å². The lowest BCUT2D eigenvalue weighted by molar-refractivity contribution is 0.606. The Morgan fingerprint density at radius 3 is 2.86 bits per heavy atom. The van der Waals surface area contributed by atoms with E-state index in [1.54, 1.807) is 0 Å². The first-order chi connectivity index (χ1) is 6.83. The molecule has 0 amide bonds. The molecule has 14 heavy (non-hydrogen) atoms. The van der Waals surface area contributed by atoms with Crippen molar-refractivity contribution >= 4 is 10.9 Å². The lowest BCUT2D eigenvalue weighted by Gasteiger charge is -2.12. The molecule has 72 valence electrons. The Bertz CT molecular complexity index is 434. The first-order valence-corrected chi connectivity index (χ1v) is 4.62. The van der Waals surface area contributed by atoms with Crippen LogP contribution < -0.4 is 11.3 Å². The molecule has 3 heteroatoms. The summed E-state index contributed by atoms with van der Waals surface area (Å²) >= 11 is 0. The SMILES string of the molecule is CC(NN)c1ccnc2ccccc12. The highest BCUT2D eigenvalue weighted by Crippen LogP contribution is 2.21. The largest absolute Gasteiger partial charge is 0.271 e. The molecular weight excluding hydrogens is 174 g/mol. The van der Waals surface area contributed by atoms with Crippen molar-refractivity contribution in [2.24, 2.45) is 5.84 Å². The molecule has 0 saturated carbocycles. The summed E-state index contributed by atoms with van der Waals surface area (Å²) in [4.78, 5) is 4.29. The minimum absolute atomic E-state index is 0.142. The van der Waals surface area contributed by atoms with E-state index in [4.69, 9.17) is 5.84 Å². The molecule has 0 saturated heterocycles. The van der Waals surface area contributed by atoms with Crippen molar-refractivity contribution in [1.29, 1.82) is 0 Å². The molecular formula is C11H13N3. The molecule has 1 aromatic carbocycles. The highest BCUT2D eigenvalue weighted by Gasteiger charge is 2.06. The van der Waals surface area contributed by atoms with Crippen molar-refractivity contribution in [1.82, 2.24) is 10.4 Å². The summed E-state index contributed by atoms with van der Waals surface area (Å²) in [6.45, 7) is 2.03. The minimum Gasteiger partial charge on any atom is -0.271 e. The molecule has 2 rings (SSSR count). The van der Waals surface area contributed by atoms with Crippen LogP contribution in [-0.2, 0) is 0 Å². The quantitative estimate of drug-likeness (QED) is 0.556. The summed E-state index contributed by atoms with van der Waals surface area (Å²) in [6.07, 6.45) is 1.81. The van der Waals surface area contributed by atoms with Gasteiger partial charge in [0.1, 0.15) is 0 Å². The topological polar surface area (TPSA) is 50.9 Å². The van der Waals surface area contributed by atoms with Gasteiger partial charge in [0, 0.05) is 17.6 Å². The maximum atomic E-state index is 5.42. The van der Waals surface area contributed by atoms with Crippen LogP contribution in [-0.4, -0.2) is 4.98 Å². The maximum Gasteiger partial charge on any atom is 0.0705 e. The number of nitrogens with zero attached hydrogens (tertiary/aromatic N) is 1. The monoisotopic (exact) mass is 187 g/mol. The smallest absolute Gasteiger partial charge is 0.0705 e. The second-order valence-corrected chi connectivity index (χ2v) is 3.31. The Morgan fingerprint density at radius 2 is 2.07 bits per heavy atom. The molecule has 0 spiro atoms. The lowest BCUT2D eigenvalue weighted by Crippen LogP contribution is -2.25. The van der Waals surface area contributed by atoms with Crippen LogP contribution in [0.4, 0.5) is 0 Å². The van der Waals surface area contributed by atoms with Gasteiger partial charge in [0.15, 0.2) is 0 Å². The molecule has 1 heterocycles. The number of aromatic nitrogens is 1. The number of nitrogens with two attached hydrogens (primary N) is 1. The summed E-state index contributed by atoms with van der Waals surface area (Å²) in [5, 5.41) is 1.15. The molecule has 3 nitrogen and oxygen atoms in total. The van der Waals surface area contributed by atoms with Gasteiger partial charge >= 0.3 is 0 Å². The van der Waals surface area contributed by atoms with Crippen molar-refractivity contribution in [3.05, 3.63) is 42.1 Å². The van der Waals surface area contributed by atoms with Crippen LogP contribution in [0.15, 0.2) is 36.5 Å². The third kappa shape index (κ3) is 1.47. The van der Waals surface area contributed by atoms with E-state index in [9.17, 15) is 0 Å². The number of hydrazine groups is 1. The van der Waals surface area contributed by atoms with Crippen molar-refractivity contribution in [2.75, 3.05) is 0 Å². The van der Waals surface area contributed by atoms with Gasteiger partial charge in [-0.05, 0) is 24.6 Å². The van der Waals surface area contributed by atoms with Gasteiger partial charge < -0.3 is 0 Å². The minimum atomic E-state index is 0.142. The van der Waals surface area contributed by atoms with Crippen LogP contribution in [0.5, 0.6) is 0 Å². The van der Waals surface area contributed by atoms with E-state index in [-0.39, 0.29) is 6.04 Å². The molecule has 0 aliphatic heterocycles. The zero-order chi connectivity index (χ0) is 9.97. The summed E-state index contributed by atoms with van der Waals surface area (Å²) in [7, 11) is 0. The summed E-state index contributed by atoms with van der Waals surface area (Å²) in [6, 6.07) is 10.2. The van der Waals surface area contributed by atoms with Crippen LogP contribution in [0, 0.1) is 0 Å². The third-order valence-corrected chi connectivity index (χ3v) is 2.40. The first kappa shape index (κ1) is 9.12. The standard InChI is InChI=1S/C11H13N3/c1-8(14-12)9-6-7-13-11-5-3-2-4-10(9)11/h2-8,14H,12H2,1H3. The summed E-state index contributed by atoms with van der Waals surface area (Å²) in [5.41, 5.74) is 4.93. The summed E-state index contributed by atoms with van der Waals surface area (Å²) < 4.78 is 0. The molecule has 1 unspecified atom stereocenters. The van der Waals surface area contributed by atoms with Gasteiger partial charge in [-0.25, -0.2) is 0 Å². The van der Waals surface area contributed by atoms with Gasteiger partial charge in [0.05, 0.1) is 5.52 Å². The molecule has 0 radical (unpaired) electrons. The van der Waals surface area contributed by atoms with Crippen LogP contribution in [0.1, 0.15) is 18.5 Å². The van der Waals surface area contributed by atoms with Gasteiger partial charge in [-0.15, -0.1) is 0 Å². The Balaban J connectivity index is 2.65. The first-order valence-electron chi connectivity index (χ1n) is 4.62. The fourth-order valence-corrected chi connectivity index (χ4v) is 1.59. The van der Waals surface area contributed by atoms with E-state index in [1.807, 2.05) is 37.4 Å². The molecule has 1 aromatic heterocycles. The number of hydrogen-bond donors (Lipinski definition) is 2. The van der Waals surface area contributed by atoms with E-state index in [0.717, 1.165) is 10.9 Å². The van der Waals surface area contributed by atoms with Crippen LogP contribution in [0.25, 0.3) is 10.9 Å². The van der Waals surface area contributed by atoms with Crippen molar-refractivity contribution < 1.29 is 0 Å². The molecule has 0 bridgehead atoms. The van der Waals surface area contributed by atoms with Gasteiger partial charge in [-0.1, -0.05) is 18.2 Å². The molecule has 0 aliphatic carbocycles. The fourth-order valence-electron chi connectivity index (χ4n) is 1.59. The number of nitrogens with one attached hydrogen (secondary N) is 1. The number of pyridine rings is 1. The second kappa shape index (κ2) is 3.74. The highest BCUT2D eigenvalue weighted by molar-refractivity contribution is 5.82. The number of hydrogen-bond acceptors (Lipinski definition) is 3. The van der Waals surface area contributed by atoms with E-state index in [0.29, 0.717) is 0 Å². The van der Waals surface area contributed by atoms with Gasteiger partial charge in [-0.3, -0.25) is 16.3 Å². The average molecular weight is 187 g/mol. The predicted molar refractivity (Wildman–Crippen MR) is 57.5 cm³/mol. The van der Waals surface area contributed by atoms with E-state index in [1.165, 1.54) is 5.56 Å². The van der Waals surface area contributed by atoms with Crippen LogP contribution >= 0.6 is 0 Å². The molecule has 0 fully saturated rings. The average Bonchev–Trinajstić information content (AvgIpc) is 2.27. The van der Waals surface area contributed by atoms with Crippen molar-refractivity contribution in [3.63, 3.8) is 0 Å². The Morgan fingerprint density at radius 1 is 1.29 bits per heavy atom. The van der Waals surface area contributed by atoms with E-state index >= 15 is 0 Å². The normalized spacial score (nSPS) is 13.0. The fraction of sp³-hybridized carbons (Fsp3) is 0.182. The van der Waals surface area contributed by atoms with Crippen LogP contribution in [0.3, 0.4) is 0 Å². The predicted octanol–water partition coefficient (Wildman–Crippen LogP) is 1.76. The van der Waals surface area contributed by atoms with Crippen molar-refractivity contribution in [2.45, 2.75) is 13.0 Å². The Labute approximate surface area is 82.9 Å². The molecule has 0 aliphatic rings. The highest BCUT2D eigenvalue weighted by atomic mass is 15.2. The number of rotatable bonds is 2. The number of benzene rings is 1. The number of para-hydroxylation sites is 1. The zero-order valence-corrected chi connectivity index (χ0v) is 8.07. The number of fused-ring (bicyclic) bond motifs is 1. The van der Waals surface area contributed by atoms with E-state index < -0.39 is 0 Å². The molecule has 3 N–H and O–H groups in total.